The van der Waals surface area contributed by atoms with Gasteiger partial charge in [0.1, 0.15) is 0 Å². The van der Waals surface area contributed by atoms with Crippen LogP contribution in [0.25, 0.3) is 0 Å². The van der Waals surface area contributed by atoms with Gasteiger partial charge < -0.3 is 15.7 Å². The standard InChI is InChI=1S/C19H22N2O3/c1-2-11-20-19(24)15-9-6-10-16(12-15)21-18(23)13-17(22)14-7-4-3-5-8-14/h3-10,12,17,22H,2,11,13H2,1H3,(H,20,24)(H,21,23). The molecule has 0 aliphatic carbocycles. The number of aliphatic hydroxyl groups is 1. The molecule has 0 fully saturated rings. The van der Waals surface area contributed by atoms with Crippen LogP contribution in [-0.4, -0.2) is 23.5 Å². The lowest BCUT2D eigenvalue weighted by atomic mass is 10.1. The molecule has 1 unspecified atom stereocenters. The number of anilines is 1. The Hall–Kier alpha value is -2.66. The number of nitrogens with one attached hydrogen (secondary N) is 2. The van der Waals surface area contributed by atoms with E-state index in [1.54, 1.807) is 36.4 Å². The third kappa shape index (κ3) is 5.21. The number of hydrogen-bond acceptors (Lipinski definition) is 3. The smallest absolute Gasteiger partial charge is 0.251 e. The predicted molar refractivity (Wildman–Crippen MR) is 93.7 cm³/mol. The third-order valence-electron chi connectivity index (χ3n) is 3.51. The zero-order chi connectivity index (χ0) is 17.4. The van der Waals surface area contributed by atoms with Gasteiger partial charge in [-0.15, -0.1) is 0 Å². The van der Waals surface area contributed by atoms with Crippen molar-refractivity contribution in [2.75, 3.05) is 11.9 Å². The summed E-state index contributed by atoms with van der Waals surface area (Å²) in [6.45, 7) is 2.59. The molecule has 0 bridgehead atoms. The van der Waals surface area contributed by atoms with Crippen LogP contribution in [0.15, 0.2) is 54.6 Å². The first-order chi connectivity index (χ1) is 11.6. The first-order valence-corrected chi connectivity index (χ1v) is 8.01. The average Bonchev–Trinajstić information content (AvgIpc) is 2.60. The molecule has 1 atom stereocenters. The van der Waals surface area contributed by atoms with Crippen LogP contribution in [-0.2, 0) is 4.79 Å². The predicted octanol–water partition coefficient (Wildman–Crippen LogP) is 2.89. The molecule has 2 aromatic rings. The molecule has 0 heterocycles. The molecule has 0 aliphatic rings. The minimum atomic E-state index is -0.859. The van der Waals surface area contributed by atoms with E-state index in [2.05, 4.69) is 10.6 Å². The maximum absolute atomic E-state index is 12.1. The molecule has 0 spiro atoms. The summed E-state index contributed by atoms with van der Waals surface area (Å²) in [6.07, 6.45) is -0.0438. The van der Waals surface area contributed by atoms with E-state index >= 15 is 0 Å². The lowest BCUT2D eigenvalue weighted by molar-refractivity contribution is -0.118. The van der Waals surface area contributed by atoms with Crippen LogP contribution in [0.3, 0.4) is 0 Å². The quantitative estimate of drug-likeness (QED) is 0.732. The molecule has 3 N–H and O–H groups in total. The van der Waals surface area contributed by atoms with Crippen molar-refractivity contribution < 1.29 is 14.7 Å². The Morgan fingerprint density at radius 3 is 2.54 bits per heavy atom. The van der Waals surface area contributed by atoms with Crippen LogP contribution < -0.4 is 10.6 Å². The summed E-state index contributed by atoms with van der Waals surface area (Å²) in [4.78, 5) is 24.0. The molecule has 0 saturated heterocycles. The van der Waals surface area contributed by atoms with Crippen LogP contribution in [0.1, 0.15) is 41.8 Å². The fourth-order valence-corrected chi connectivity index (χ4v) is 2.26. The monoisotopic (exact) mass is 326 g/mol. The molecule has 2 amide bonds. The summed E-state index contributed by atoms with van der Waals surface area (Å²) < 4.78 is 0. The third-order valence-corrected chi connectivity index (χ3v) is 3.51. The zero-order valence-corrected chi connectivity index (χ0v) is 13.7. The van der Waals surface area contributed by atoms with Crippen molar-refractivity contribution in [3.8, 4) is 0 Å². The van der Waals surface area contributed by atoms with E-state index in [-0.39, 0.29) is 18.2 Å². The van der Waals surface area contributed by atoms with E-state index in [1.165, 1.54) is 0 Å². The topological polar surface area (TPSA) is 78.4 Å². The highest BCUT2D eigenvalue weighted by Crippen LogP contribution is 2.17. The van der Waals surface area contributed by atoms with Gasteiger partial charge in [-0.25, -0.2) is 0 Å². The van der Waals surface area contributed by atoms with Gasteiger partial charge in [-0.3, -0.25) is 9.59 Å². The highest BCUT2D eigenvalue weighted by Gasteiger charge is 2.13. The van der Waals surface area contributed by atoms with Gasteiger partial charge in [0.2, 0.25) is 5.91 Å². The second-order valence-electron chi connectivity index (χ2n) is 5.52. The molecule has 24 heavy (non-hydrogen) atoms. The molecule has 2 rings (SSSR count). The summed E-state index contributed by atoms with van der Waals surface area (Å²) >= 11 is 0. The van der Waals surface area contributed by atoms with Crippen molar-refractivity contribution in [3.63, 3.8) is 0 Å². The largest absolute Gasteiger partial charge is 0.388 e. The number of aliphatic hydroxyl groups excluding tert-OH is 1. The average molecular weight is 326 g/mol. The summed E-state index contributed by atoms with van der Waals surface area (Å²) in [5.41, 5.74) is 1.72. The lowest BCUT2D eigenvalue weighted by Crippen LogP contribution is -2.24. The molecule has 5 nitrogen and oxygen atoms in total. The number of amides is 2. The van der Waals surface area contributed by atoms with E-state index < -0.39 is 6.10 Å². The van der Waals surface area contributed by atoms with Crippen molar-refractivity contribution in [1.29, 1.82) is 0 Å². The van der Waals surface area contributed by atoms with Gasteiger partial charge in [-0.2, -0.15) is 0 Å². The van der Waals surface area contributed by atoms with Gasteiger partial charge >= 0.3 is 0 Å². The van der Waals surface area contributed by atoms with Crippen LogP contribution in [0, 0.1) is 0 Å². The van der Waals surface area contributed by atoms with Crippen molar-refractivity contribution in [1.82, 2.24) is 5.32 Å². The SMILES string of the molecule is CCCNC(=O)c1cccc(NC(=O)CC(O)c2ccccc2)c1. The Morgan fingerprint density at radius 2 is 1.83 bits per heavy atom. The fourth-order valence-electron chi connectivity index (χ4n) is 2.26. The number of benzene rings is 2. The van der Waals surface area contributed by atoms with Gasteiger partial charge in [0, 0.05) is 17.8 Å². The van der Waals surface area contributed by atoms with Crippen molar-refractivity contribution in [3.05, 3.63) is 65.7 Å². The van der Waals surface area contributed by atoms with Crippen LogP contribution in [0.2, 0.25) is 0 Å². The summed E-state index contributed by atoms with van der Waals surface area (Å²) in [7, 11) is 0. The van der Waals surface area contributed by atoms with Crippen molar-refractivity contribution in [2.24, 2.45) is 0 Å². The molecule has 0 aliphatic heterocycles. The maximum atomic E-state index is 12.1. The zero-order valence-electron chi connectivity index (χ0n) is 13.7. The summed E-state index contributed by atoms with van der Waals surface area (Å²) in [5, 5.41) is 15.6. The Balaban J connectivity index is 1.95. The van der Waals surface area contributed by atoms with Crippen LogP contribution in [0.5, 0.6) is 0 Å². The maximum Gasteiger partial charge on any atom is 0.251 e. The number of carbonyl (C=O) groups excluding carboxylic acids is 2. The number of hydrogen-bond donors (Lipinski definition) is 3. The van der Waals surface area contributed by atoms with E-state index in [0.29, 0.717) is 23.4 Å². The van der Waals surface area contributed by atoms with Crippen LogP contribution >= 0.6 is 0 Å². The van der Waals surface area contributed by atoms with E-state index in [1.807, 2.05) is 25.1 Å². The fraction of sp³-hybridized carbons (Fsp3) is 0.263. The molecule has 0 radical (unpaired) electrons. The van der Waals surface area contributed by atoms with Gasteiger partial charge in [-0.1, -0.05) is 43.3 Å². The summed E-state index contributed by atoms with van der Waals surface area (Å²) in [6, 6.07) is 15.8. The molecule has 126 valence electrons. The van der Waals surface area contributed by atoms with Gasteiger partial charge in [0.15, 0.2) is 0 Å². The number of carbonyl (C=O) groups is 2. The lowest BCUT2D eigenvalue weighted by Gasteiger charge is -2.12. The van der Waals surface area contributed by atoms with Gasteiger partial charge in [0.05, 0.1) is 12.5 Å². The highest BCUT2D eigenvalue weighted by atomic mass is 16.3. The highest BCUT2D eigenvalue weighted by molar-refractivity contribution is 5.97. The normalized spacial score (nSPS) is 11.6. The Labute approximate surface area is 141 Å². The second kappa shape index (κ2) is 8.84. The van der Waals surface area contributed by atoms with E-state index in [4.69, 9.17) is 0 Å². The van der Waals surface area contributed by atoms with Crippen molar-refractivity contribution >= 4 is 17.5 Å². The molecule has 2 aromatic carbocycles. The first kappa shape index (κ1) is 17.7. The Kier molecular flexibility index (Phi) is 6.51. The summed E-state index contributed by atoms with van der Waals surface area (Å²) in [5.74, 6) is -0.477. The Bertz CT molecular complexity index is 686. The molecule has 0 saturated carbocycles. The van der Waals surface area contributed by atoms with E-state index in [0.717, 1.165) is 6.42 Å². The van der Waals surface area contributed by atoms with Crippen molar-refractivity contribution in [2.45, 2.75) is 25.9 Å². The first-order valence-electron chi connectivity index (χ1n) is 8.01. The molecule has 5 heteroatoms. The molecule has 0 aromatic heterocycles. The second-order valence-corrected chi connectivity index (χ2v) is 5.52. The van der Waals surface area contributed by atoms with Crippen LogP contribution in [0.4, 0.5) is 5.69 Å². The van der Waals surface area contributed by atoms with Gasteiger partial charge in [-0.05, 0) is 30.2 Å². The minimum Gasteiger partial charge on any atom is -0.388 e. The molecular weight excluding hydrogens is 304 g/mol. The Morgan fingerprint density at radius 1 is 1.08 bits per heavy atom. The van der Waals surface area contributed by atoms with E-state index in [9.17, 15) is 14.7 Å². The minimum absolute atomic E-state index is 0.0454. The molecular formula is C19H22N2O3. The van der Waals surface area contributed by atoms with Gasteiger partial charge in [0.25, 0.3) is 5.91 Å². The number of rotatable bonds is 7.